The average Bonchev–Trinajstić information content (AvgIpc) is 2.58. The minimum atomic E-state index is 0.590. The average molecular weight is 203 g/mol. The second-order valence-electron chi connectivity index (χ2n) is 5.10. The predicted molar refractivity (Wildman–Crippen MR) is 65.2 cm³/mol. The summed E-state index contributed by atoms with van der Waals surface area (Å²) in [5.41, 5.74) is 10.4. The van der Waals surface area contributed by atoms with Crippen molar-refractivity contribution in [3.05, 3.63) is 34.9 Å². The standard InChI is InChI=1S/C14H21N/c1-9(2)13-7-11(8-15)12-6-4-5-10(3)14(12)13/h4-6,9,11,13H,7-8,15H2,1-3H3. The van der Waals surface area contributed by atoms with Crippen LogP contribution in [0.5, 0.6) is 0 Å². The van der Waals surface area contributed by atoms with E-state index in [4.69, 9.17) is 5.73 Å². The first-order valence-electron chi connectivity index (χ1n) is 5.94. The van der Waals surface area contributed by atoms with E-state index in [2.05, 4.69) is 39.0 Å². The molecule has 2 unspecified atom stereocenters. The summed E-state index contributed by atoms with van der Waals surface area (Å²) in [6, 6.07) is 6.66. The summed E-state index contributed by atoms with van der Waals surface area (Å²) in [6.45, 7) is 7.66. The number of benzene rings is 1. The molecule has 0 aliphatic heterocycles. The summed E-state index contributed by atoms with van der Waals surface area (Å²) in [5, 5.41) is 0. The largest absolute Gasteiger partial charge is 0.330 e. The third-order valence-corrected chi connectivity index (χ3v) is 3.80. The van der Waals surface area contributed by atoms with Crippen LogP contribution in [0.3, 0.4) is 0 Å². The number of fused-ring (bicyclic) bond motifs is 1. The Morgan fingerprint density at radius 2 is 2.13 bits per heavy atom. The van der Waals surface area contributed by atoms with Gasteiger partial charge in [-0.2, -0.15) is 0 Å². The molecule has 0 saturated carbocycles. The van der Waals surface area contributed by atoms with E-state index < -0.39 is 0 Å². The van der Waals surface area contributed by atoms with Gasteiger partial charge in [-0.3, -0.25) is 0 Å². The SMILES string of the molecule is Cc1cccc2c1C(C(C)C)CC2CN. The second kappa shape index (κ2) is 3.97. The van der Waals surface area contributed by atoms with Crippen molar-refractivity contribution in [2.24, 2.45) is 11.7 Å². The smallest absolute Gasteiger partial charge is 0.000791 e. The lowest BCUT2D eigenvalue weighted by molar-refractivity contribution is 0.467. The minimum absolute atomic E-state index is 0.590. The van der Waals surface area contributed by atoms with E-state index in [9.17, 15) is 0 Å². The van der Waals surface area contributed by atoms with Crippen molar-refractivity contribution in [3.8, 4) is 0 Å². The van der Waals surface area contributed by atoms with Gasteiger partial charge in [0.05, 0.1) is 0 Å². The van der Waals surface area contributed by atoms with Crippen molar-refractivity contribution in [1.29, 1.82) is 0 Å². The molecule has 0 radical (unpaired) electrons. The first-order valence-corrected chi connectivity index (χ1v) is 5.94. The molecule has 1 heteroatoms. The molecule has 0 heterocycles. The fourth-order valence-corrected chi connectivity index (χ4v) is 2.95. The quantitative estimate of drug-likeness (QED) is 0.785. The van der Waals surface area contributed by atoms with Gasteiger partial charge in [0.25, 0.3) is 0 Å². The Hall–Kier alpha value is -0.820. The molecule has 0 aromatic heterocycles. The van der Waals surface area contributed by atoms with Gasteiger partial charge in [0.2, 0.25) is 0 Å². The molecule has 1 nitrogen and oxygen atoms in total. The maximum atomic E-state index is 5.86. The molecule has 0 fully saturated rings. The highest BCUT2D eigenvalue weighted by Crippen LogP contribution is 2.46. The molecule has 1 aromatic rings. The lowest BCUT2D eigenvalue weighted by Gasteiger charge is -2.17. The first-order chi connectivity index (χ1) is 7.15. The van der Waals surface area contributed by atoms with Crippen molar-refractivity contribution in [2.45, 2.75) is 39.0 Å². The van der Waals surface area contributed by atoms with Crippen LogP contribution in [0.4, 0.5) is 0 Å². The van der Waals surface area contributed by atoms with Gasteiger partial charge in [-0.15, -0.1) is 0 Å². The van der Waals surface area contributed by atoms with Gasteiger partial charge in [-0.25, -0.2) is 0 Å². The van der Waals surface area contributed by atoms with Crippen LogP contribution >= 0.6 is 0 Å². The molecule has 15 heavy (non-hydrogen) atoms. The summed E-state index contributed by atoms with van der Waals surface area (Å²) in [6.07, 6.45) is 1.24. The molecule has 82 valence electrons. The Labute approximate surface area is 92.7 Å². The fraction of sp³-hybridized carbons (Fsp3) is 0.571. The molecule has 2 atom stereocenters. The van der Waals surface area contributed by atoms with Crippen LogP contribution in [0.1, 0.15) is 48.8 Å². The van der Waals surface area contributed by atoms with Gasteiger partial charge in [0.15, 0.2) is 0 Å². The van der Waals surface area contributed by atoms with E-state index in [1.165, 1.54) is 17.5 Å². The lowest BCUT2D eigenvalue weighted by Crippen LogP contribution is -2.10. The molecule has 2 N–H and O–H groups in total. The van der Waals surface area contributed by atoms with Crippen molar-refractivity contribution in [3.63, 3.8) is 0 Å². The Balaban J connectivity index is 2.48. The van der Waals surface area contributed by atoms with Gasteiger partial charge in [0, 0.05) is 0 Å². The number of nitrogens with two attached hydrogens (primary N) is 1. The van der Waals surface area contributed by atoms with E-state index in [1.54, 1.807) is 5.56 Å². The van der Waals surface area contributed by atoms with Crippen LogP contribution in [0.15, 0.2) is 18.2 Å². The van der Waals surface area contributed by atoms with E-state index in [0.29, 0.717) is 5.92 Å². The van der Waals surface area contributed by atoms with E-state index in [0.717, 1.165) is 18.4 Å². The van der Waals surface area contributed by atoms with Crippen LogP contribution in [-0.2, 0) is 0 Å². The zero-order valence-electron chi connectivity index (χ0n) is 9.96. The third kappa shape index (κ3) is 1.69. The lowest BCUT2D eigenvalue weighted by atomic mass is 9.87. The second-order valence-corrected chi connectivity index (χ2v) is 5.10. The number of hydrogen-bond donors (Lipinski definition) is 1. The molecule has 0 amide bonds. The zero-order valence-corrected chi connectivity index (χ0v) is 9.96. The fourth-order valence-electron chi connectivity index (χ4n) is 2.95. The van der Waals surface area contributed by atoms with Gasteiger partial charge in [-0.05, 0) is 54.3 Å². The number of rotatable bonds is 2. The minimum Gasteiger partial charge on any atom is -0.330 e. The molecule has 1 aromatic carbocycles. The highest BCUT2D eigenvalue weighted by Gasteiger charge is 2.32. The van der Waals surface area contributed by atoms with Crippen molar-refractivity contribution < 1.29 is 0 Å². The summed E-state index contributed by atoms with van der Waals surface area (Å²) < 4.78 is 0. The Morgan fingerprint density at radius 3 is 2.73 bits per heavy atom. The Morgan fingerprint density at radius 1 is 1.40 bits per heavy atom. The third-order valence-electron chi connectivity index (χ3n) is 3.80. The van der Waals surface area contributed by atoms with Crippen LogP contribution in [0, 0.1) is 12.8 Å². The van der Waals surface area contributed by atoms with Crippen molar-refractivity contribution in [1.82, 2.24) is 0 Å². The number of hydrogen-bond acceptors (Lipinski definition) is 1. The number of aryl methyl sites for hydroxylation is 1. The predicted octanol–water partition coefficient (Wildman–Crippen LogP) is 3.18. The van der Waals surface area contributed by atoms with E-state index >= 15 is 0 Å². The molecule has 0 saturated heterocycles. The zero-order chi connectivity index (χ0) is 11.0. The van der Waals surface area contributed by atoms with Gasteiger partial charge in [-0.1, -0.05) is 32.0 Å². The van der Waals surface area contributed by atoms with E-state index in [-0.39, 0.29) is 0 Å². The normalized spacial score (nSPS) is 24.6. The monoisotopic (exact) mass is 203 g/mol. The molecular formula is C14H21N. The Kier molecular flexibility index (Phi) is 2.83. The van der Waals surface area contributed by atoms with Gasteiger partial charge < -0.3 is 5.73 Å². The molecule has 2 rings (SSSR count). The summed E-state index contributed by atoms with van der Waals surface area (Å²) >= 11 is 0. The topological polar surface area (TPSA) is 26.0 Å². The van der Waals surface area contributed by atoms with Crippen LogP contribution in [-0.4, -0.2) is 6.54 Å². The molecule has 1 aliphatic rings. The maximum Gasteiger partial charge on any atom is -0.000791 e. The first kappa shape index (κ1) is 10.7. The molecule has 1 aliphatic carbocycles. The molecular weight excluding hydrogens is 182 g/mol. The van der Waals surface area contributed by atoms with Crippen molar-refractivity contribution >= 4 is 0 Å². The highest BCUT2D eigenvalue weighted by atomic mass is 14.6. The Bertz CT molecular complexity index is 354. The van der Waals surface area contributed by atoms with Crippen LogP contribution in [0.25, 0.3) is 0 Å². The van der Waals surface area contributed by atoms with Crippen molar-refractivity contribution in [2.75, 3.05) is 6.54 Å². The highest BCUT2D eigenvalue weighted by molar-refractivity contribution is 5.44. The van der Waals surface area contributed by atoms with Crippen LogP contribution < -0.4 is 5.73 Å². The van der Waals surface area contributed by atoms with Gasteiger partial charge in [0.1, 0.15) is 0 Å². The maximum absolute atomic E-state index is 5.86. The summed E-state index contributed by atoms with van der Waals surface area (Å²) in [5.74, 6) is 2.03. The van der Waals surface area contributed by atoms with Crippen LogP contribution in [0.2, 0.25) is 0 Å². The summed E-state index contributed by atoms with van der Waals surface area (Å²) in [4.78, 5) is 0. The van der Waals surface area contributed by atoms with E-state index in [1.807, 2.05) is 0 Å². The molecule has 0 bridgehead atoms. The van der Waals surface area contributed by atoms with Gasteiger partial charge >= 0.3 is 0 Å². The molecule has 0 spiro atoms. The summed E-state index contributed by atoms with van der Waals surface area (Å²) in [7, 11) is 0.